The van der Waals surface area contributed by atoms with Gasteiger partial charge in [-0.1, -0.05) is 160 Å². The lowest BCUT2D eigenvalue weighted by molar-refractivity contribution is -0.774. The summed E-state index contributed by atoms with van der Waals surface area (Å²) < 4.78 is 7.92. The summed E-state index contributed by atoms with van der Waals surface area (Å²) in [7, 11) is 0. The first kappa shape index (κ1) is 61.7. The number of hydrogen-bond acceptors (Lipinski definition) is 7. The van der Waals surface area contributed by atoms with Crippen LogP contribution in [0.1, 0.15) is 194 Å². The molecule has 0 spiro atoms. The second-order valence-corrected chi connectivity index (χ2v) is 24.1. The van der Waals surface area contributed by atoms with Crippen LogP contribution in [0, 0.1) is 29.6 Å². The van der Waals surface area contributed by atoms with Gasteiger partial charge in [-0.15, -0.1) is 9.78 Å². The van der Waals surface area contributed by atoms with E-state index in [2.05, 4.69) is 211 Å². The van der Waals surface area contributed by atoms with E-state index in [4.69, 9.17) is 9.84 Å². The normalized spacial score (nSPS) is 23.9. The van der Waals surface area contributed by atoms with Crippen LogP contribution in [0.4, 0.5) is 0 Å². The molecule has 7 unspecified atom stereocenters. The molecule has 5 aliphatic heterocycles. The van der Waals surface area contributed by atoms with E-state index in [-0.39, 0.29) is 6.10 Å². The highest BCUT2D eigenvalue weighted by Gasteiger charge is 2.31. The van der Waals surface area contributed by atoms with Gasteiger partial charge in [-0.3, -0.25) is 4.99 Å². The SMILES string of the molecule is CC(C)C1CC(O)CN1.CC(C)C1CC(c2ccccc2)CN1.CC(C)C1CCC(c2ccccc2)N1.CC(C)C1CCCN1.CC1=C(C(C)C)C(c2ccccc2)=NC1.CCOc1[nH][n+](C(C)C)c2c1CCCC2. The number of nitrogens with one attached hydrogen (secondary N) is 5. The summed E-state index contributed by atoms with van der Waals surface area (Å²) in [6.45, 7) is 36.0. The molecule has 6 aliphatic rings. The van der Waals surface area contributed by atoms with Crippen LogP contribution in [0.15, 0.2) is 107 Å². The highest BCUT2D eigenvalue weighted by atomic mass is 16.5. The van der Waals surface area contributed by atoms with E-state index < -0.39 is 0 Å². The van der Waals surface area contributed by atoms with Crippen molar-refractivity contribution in [3.05, 3.63) is 130 Å². The van der Waals surface area contributed by atoms with Gasteiger partial charge >= 0.3 is 0 Å². The van der Waals surface area contributed by atoms with Crippen molar-refractivity contribution in [2.45, 2.75) is 209 Å². The minimum atomic E-state index is -0.0996. The lowest BCUT2D eigenvalue weighted by Crippen LogP contribution is -2.42. The molecule has 10 rings (SSSR count). The Labute approximate surface area is 457 Å². The molecule has 3 aromatic carbocycles. The molecule has 0 bridgehead atoms. The van der Waals surface area contributed by atoms with Crippen molar-refractivity contribution in [3.63, 3.8) is 0 Å². The zero-order chi connectivity index (χ0) is 54.4. The van der Waals surface area contributed by atoms with Gasteiger partial charge in [0.15, 0.2) is 6.04 Å². The summed E-state index contributed by atoms with van der Waals surface area (Å²) in [5, 5.41) is 26.5. The topological polar surface area (TPSA) is 110 Å². The maximum absolute atomic E-state index is 9.09. The third-order valence-corrected chi connectivity index (χ3v) is 16.1. The Kier molecular flexibility index (Phi) is 26.3. The number of rotatable bonds is 11. The van der Waals surface area contributed by atoms with E-state index in [0.717, 1.165) is 68.3 Å². The standard InChI is InChI=1S/C14H17N.2C13H19N.C12H20N2O.C7H15NO.C7H15N/c1-10(2)13-11(3)9-15-14(13)12-7-5-4-6-8-12;1-10(2)13-8-12(9-14-13)11-6-4-3-5-7-11;1-10(2)12-8-9-13(14-12)11-6-4-3-5-7-11;1-4-15-12-10-7-5-6-8-11(10)14(13-12)9(2)3;1-5(2)7-3-6(9)4-8-7;1-6(2)7-4-3-5-8-7/h4-8,10H,9H2,1-3H3;2*3-7,10,12-14H,8-9H2,1-2H3;9H,4-8H2,1-3H3;5-9H,3-4H2,1-2H3;6-8H,3-5H2,1-2H3/p+1. The number of ether oxygens (including phenoxy) is 1. The van der Waals surface area contributed by atoms with Crippen LogP contribution in [0.3, 0.4) is 0 Å². The number of hydrogen-bond donors (Lipinski definition) is 6. The summed E-state index contributed by atoms with van der Waals surface area (Å²) in [5.74, 6) is 5.28. The highest BCUT2D eigenvalue weighted by Crippen LogP contribution is 2.31. The number of β-amino-alcohol motifs (C(OH)–C–C–N with tert-alkyl or cyclic N) is 1. The number of aromatic nitrogens is 2. The molecular weight excluding hydrogens is 923 g/mol. The number of allylic oxidation sites excluding steroid dienone is 1. The minimum absolute atomic E-state index is 0.0996. The third-order valence-electron chi connectivity index (χ3n) is 16.1. The number of aliphatic hydroxyl groups excluding tert-OH is 1. The van der Waals surface area contributed by atoms with Gasteiger partial charge in [-0.05, 0) is 155 Å². The first-order valence-electron chi connectivity index (χ1n) is 29.8. The van der Waals surface area contributed by atoms with E-state index >= 15 is 0 Å². The van der Waals surface area contributed by atoms with Crippen molar-refractivity contribution in [1.29, 1.82) is 0 Å². The number of nitrogens with zero attached hydrogens (tertiary/aromatic N) is 2. The number of aromatic amines is 1. The van der Waals surface area contributed by atoms with Crippen molar-refractivity contribution in [2.75, 3.05) is 32.8 Å². The molecule has 4 saturated heterocycles. The maximum Gasteiger partial charge on any atom is 0.252 e. The molecule has 6 heterocycles. The van der Waals surface area contributed by atoms with E-state index in [0.29, 0.717) is 42.0 Å². The number of H-pyrrole nitrogens is 1. The van der Waals surface area contributed by atoms with Gasteiger partial charge in [0.2, 0.25) is 5.69 Å². The Morgan fingerprint density at radius 3 is 1.68 bits per heavy atom. The summed E-state index contributed by atoms with van der Waals surface area (Å²) >= 11 is 0. The zero-order valence-corrected chi connectivity index (χ0v) is 49.5. The Morgan fingerprint density at radius 2 is 1.20 bits per heavy atom. The average Bonchev–Trinajstić information content (AvgIpc) is 4.28. The Bertz CT molecular complexity index is 2180. The van der Waals surface area contributed by atoms with Crippen LogP contribution in [0.25, 0.3) is 0 Å². The van der Waals surface area contributed by atoms with Crippen LogP contribution in [0.5, 0.6) is 5.88 Å². The molecule has 75 heavy (non-hydrogen) atoms. The third kappa shape index (κ3) is 19.4. The molecule has 4 aromatic rings. The van der Waals surface area contributed by atoms with Crippen LogP contribution in [-0.2, 0) is 12.8 Å². The Balaban J connectivity index is 0.000000169. The molecule has 0 saturated carbocycles. The van der Waals surface area contributed by atoms with Crippen molar-refractivity contribution >= 4 is 5.71 Å². The van der Waals surface area contributed by atoms with Crippen LogP contribution in [-0.4, -0.2) is 79.0 Å². The summed E-state index contributed by atoms with van der Waals surface area (Å²) in [5.41, 5.74) is 11.1. The quantitative estimate of drug-likeness (QED) is 0.0836. The number of fused-ring (bicyclic) bond motifs is 1. The molecule has 0 amide bonds. The highest BCUT2D eigenvalue weighted by molar-refractivity contribution is 6.14. The van der Waals surface area contributed by atoms with Gasteiger partial charge in [-0.2, -0.15) is 0 Å². The van der Waals surface area contributed by atoms with Crippen molar-refractivity contribution in [2.24, 2.45) is 34.6 Å². The second kappa shape index (κ2) is 31.9. The average molecular weight is 1030 g/mol. The maximum atomic E-state index is 9.09. The molecule has 7 atom stereocenters. The molecule has 6 N–H and O–H groups in total. The smallest absolute Gasteiger partial charge is 0.252 e. The lowest BCUT2D eigenvalue weighted by Gasteiger charge is -2.17. The number of benzene rings is 3. The second-order valence-electron chi connectivity index (χ2n) is 24.1. The summed E-state index contributed by atoms with van der Waals surface area (Å²) in [4.78, 5) is 4.63. The van der Waals surface area contributed by atoms with Gasteiger partial charge in [0.05, 0.1) is 30.5 Å². The molecule has 4 fully saturated rings. The van der Waals surface area contributed by atoms with Crippen molar-refractivity contribution < 1.29 is 14.5 Å². The Hall–Kier alpha value is -4.12. The predicted molar refractivity (Wildman–Crippen MR) is 318 cm³/mol. The number of aliphatic hydroxyl groups is 1. The van der Waals surface area contributed by atoms with Gasteiger partial charge < -0.3 is 31.1 Å². The fourth-order valence-electron chi connectivity index (χ4n) is 11.6. The van der Waals surface area contributed by atoms with E-state index in [1.165, 1.54) is 109 Å². The lowest BCUT2D eigenvalue weighted by atomic mass is 9.92. The van der Waals surface area contributed by atoms with Crippen LogP contribution >= 0.6 is 0 Å². The van der Waals surface area contributed by atoms with Crippen LogP contribution in [0.2, 0.25) is 0 Å². The predicted octanol–water partition coefficient (Wildman–Crippen LogP) is 13.3. The monoisotopic (exact) mass is 1030 g/mol. The fraction of sp³-hybridized carbons (Fsp3) is 0.636. The minimum Gasteiger partial charge on any atom is -0.476 e. The molecule has 1 aromatic heterocycles. The Morgan fingerprint density at radius 1 is 0.627 bits per heavy atom. The molecule has 9 heteroatoms. The van der Waals surface area contributed by atoms with E-state index in [1.54, 1.807) is 0 Å². The first-order valence-corrected chi connectivity index (χ1v) is 29.8. The molecule has 0 radical (unpaired) electrons. The molecule has 416 valence electrons. The van der Waals surface area contributed by atoms with Gasteiger partial charge in [0.25, 0.3) is 5.88 Å². The largest absolute Gasteiger partial charge is 0.476 e. The van der Waals surface area contributed by atoms with E-state index in [9.17, 15) is 0 Å². The fourth-order valence-corrected chi connectivity index (χ4v) is 11.6. The van der Waals surface area contributed by atoms with Crippen LogP contribution < -0.4 is 30.7 Å². The van der Waals surface area contributed by atoms with Crippen molar-refractivity contribution in [3.8, 4) is 5.88 Å². The molecular formula is C66H106N7O2+. The molecule has 1 aliphatic carbocycles. The molecule has 9 nitrogen and oxygen atoms in total. The zero-order valence-electron chi connectivity index (χ0n) is 49.5. The van der Waals surface area contributed by atoms with E-state index in [1.807, 2.05) is 13.0 Å². The number of aliphatic imine (C=N–C) groups is 1. The summed E-state index contributed by atoms with van der Waals surface area (Å²) in [6, 6.07) is 36.0. The van der Waals surface area contributed by atoms with Gasteiger partial charge in [0.1, 0.15) is 0 Å². The summed E-state index contributed by atoms with van der Waals surface area (Å²) in [6.07, 6.45) is 12.5. The van der Waals surface area contributed by atoms with Gasteiger partial charge in [-0.25, -0.2) is 0 Å². The van der Waals surface area contributed by atoms with Crippen molar-refractivity contribution in [1.82, 2.24) is 26.4 Å². The van der Waals surface area contributed by atoms with Gasteiger partial charge in [0, 0.05) is 49.7 Å². The first-order chi connectivity index (χ1) is 36.0.